The topological polar surface area (TPSA) is 32.8 Å². The average Bonchev–Trinajstić information content (AvgIpc) is 2.98. The van der Waals surface area contributed by atoms with Crippen LogP contribution in [0.4, 0.5) is 0 Å². The van der Waals surface area contributed by atoms with Crippen LogP contribution in [0.1, 0.15) is 37.7 Å². The van der Waals surface area contributed by atoms with Crippen LogP contribution >= 0.6 is 0 Å². The van der Waals surface area contributed by atoms with E-state index < -0.39 is 0 Å². The number of likely N-dealkylation sites (tertiary alicyclic amines) is 2. The maximum atomic E-state index is 12.4. The lowest BCUT2D eigenvalue weighted by Crippen LogP contribution is -2.36. The first-order valence-electron chi connectivity index (χ1n) is 9.40. The molecule has 0 spiro atoms. The van der Waals surface area contributed by atoms with E-state index in [9.17, 15) is 4.79 Å². The van der Waals surface area contributed by atoms with Crippen LogP contribution in [0.15, 0.2) is 24.3 Å². The normalized spacial score (nSPS) is 22.4. The lowest BCUT2D eigenvalue weighted by Gasteiger charge is -2.23. The largest absolute Gasteiger partial charge is 0.484 e. The maximum Gasteiger partial charge on any atom is 0.260 e. The molecule has 2 aliphatic rings. The molecule has 1 atom stereocenters. The second-order valence-electron chi connectivity index (χ2n) is 7.29. The van der Waals surface area contributed by atoms with E-state index in [2.05, 4.69) is 4.90 Å². The van der Waals surface area contributed by atoms with Crippen molar-refractivity contribution in [1.29, 1.82) is 0 Å². The molecule has 132 valence electrons. The Morgan fingerprint density at radius 2 is 1.79 bits per heavy atom. The van der Waals surface area contributed by atoms with E-state index >= 15 is 0 Å². The summed E-state index contributed by atoms with van der Waals surface area (Å²) in [6.45, 7) is 7.72. The average molecular weight is 330 g/mol. The predicted molar refractivity (Wildman–Crippen MR) is 96.3 cm³/mol. The highest BCUT2D eigenvalue weighted by molar-refractivity contribution is 5.77. The smallest absolute Gasteiger partial charge is 0.260 e. The molecule has 1 aromatic carbocycles. The highest BCUT2D eigenvalue weighted by Crippen LogP contribution is 2.21. The van der Waals surface area contributed by atoms with Gasteiger partial charge in [0.15, 0.2) is 6.61 Å². The molecule has 1 unspecified atom stereocenters. The van der Waals surface area contributed by atoms with Crippen molar-refractivity contribution in [3.05, 3.63) is 29.8 Å². The first kappa shape index (κ1) is 17.3. The third-order valence-electron chi connectivity index (χ3n) is 5.30. The fraction of sp³-hybridized carbons (Fsp3) is 0.650. The highest BCUT2D eigenvalue weighted by atomic mass is 16.5. The Bertz CT molecular complexity index is 523. The molecule has 2 aliphatic heterocycles. The van der Waals surface area contributed by atoms with Crippen molar-refractivity contribution in [1.82, 2.24) is 9.80 Å². The molecule has 0 saturated carbocycles. The van der Waals surface area contributed by atoms with Crippen LogP contribution in [0, 0.1) is 12.8 Å². The number of hydrogen-bond acceptors (Lipinski definition) is 3. The molecule has 2 saturated heterocycles. The Hall–Kier alpha value is -1.55. The van der Waals surface area contributed by atoms with Crippen LogP contribution in [0.25, 0.3) is 0 Å². The van der Waals surface area contributed by atoms with E-state index in [0.717, 1.165) is 37.6 Å². The molecule has 1 amide bonds. The summed E-state index contributed by atoms with van der Waals surface area (Å²) in [6, 6.07) is 7.87. The van der Waals surface area contributed by atoms with Gasteiger partial charge in [0, 0.05) is 19.6 Å². The molecule has 24 heavy (non-hydrogen) atoms. The standard InChI is InChI=1S/C20H30N2O2/c1-17-6-8-19(9-7-17)24-16-20(23)22-13-4-5-18(10-14-22)15-21-11-2-3-12-21/h6-9,18H,2-5,10-16H2,1H3. The fourth-order valence-electron chi connectivity index (χ4n) is 3.80. The number of aryl methyl sites for hydroxylation is 1. The fourth-order valence-corrected chi connectivity index (χ4v) is 3.80. The van der Waals surface area contributed by atoms with E-state index in [4.69, 9.17) is 4.74 Å². The van der Waals surface area contributed by atoms with Crippen molar-refractivity contribution in [2.45, 2.75) is 39.0 Å². The first-order chi connectivity index (χ1) is 11.7. The summed E-state index contributed by atoms with van der Waals surface area (Å²) < 4.78 is 5.65. The monoisotopic (exact) mass is 330 g/mol. The lowest BCUT2D eigenvalue weighted by atomic mass is 10.0. The number of carbonyl (C=O) groups is 1. The van der Waals surface area contributed by atoms with Crippen molar-refractivity contribution in [3.63, 3.8) is 0 Å². The van der Waals surface area contributed by atoms with Crippen molar-refractivity contribution in [3.8, 4) is 5.75 Å². The Balaban J connectivity index is 1.42. The molecular formula is C20H30N2O2. The molecule has 2 fully saturated rings. The molecule has 1 aromatic rings. The molecule has 0 radical (unpaired) electrons. The SMILES string of the molecule is Cc1ccc(OCC(=O)N2CCCC(CN3CCCC3)CC2)cc1. The number of carbonyl (C=O) groups excluding carboxylic acids is 1. The zero-order valence-electron chi connectivity index (χ0n) is 14.9. The van der Waals surface area contributed by atoms with E-state index in [-0.39, 0.29) is 12.5 Å². The van der Waals surface area contributed by atoms with E-state index in [1.54, 1.807) is 0 Å². The van der Waals surface area contributed by atoms with Gasteiger partial charge in [0.25, 0.3) is 5.91 Å². The minimum Gasteiger partial charge on any atom is -0.484 e. The number of amides is 1. The van der Waals surface area contributed by atoms with E-state index in [1.165, 1.54) is 44.5 Å². The van der Waals surface area contributed by atoms with Crippen molar-refractivity contribution < 1.29 is 9.53 Å². The molecule has 4 heteroatoms. The summed E-state index contributed by atoms with van der Waals surface area (Å²) in [5, 5.41) is 0. The Morgan fingerprint density at radius 1 is 1.04 bits per heavy atom. The molecule has 2 heterocycles. The Morgan fingerprint density at radius 3 is 2.54 bits per heavy atom. The van der Waals surface area contributed by atoms with Gasteiger partial charge in [0.1, 0.15) is 5.75 Å². The Labute approximate surface area is 145 Å². The zero-order valence-corrected chi connectivity index (χ0v) is 14.9. The molecule has 0 aliphatic carbocycles. The van der Waals surface area contributed by atoms with Gasteiger partial charge in [-0.25, -0.2) is 0 Å². The number of benzene rings is 1. The van der Waals surface area contributed by atoms with Gasteiger partial charge in [0.2, 0.25) is 0 Å². The molecule has 4 nitrogen and oxygen atoms in total. The number of nitrogens with zero attached hydrogens (tertiary/aromatic N) is 2. The van der Waals surface area contributed by atoms with Gasteiger partial charge >= 0.3 is 0 Å². The number of rotatable bonds is 5. The molecule has 0 N–H and O–H groups in total. The minimum absolute atomic E-state index is 0.123. The van der Waals surface area contributed by atoms with Crippen LogP contribution in [0.5, 0.6) is 5.75 Å². The second kappa shape index (κ2) is 8.52. The quantitative estimate of drug-likeness (QED) is 0.832. The van der Waals surface area contributed by atoms with Crippen molar-refractivity contribution in [2.24, 2.45) is 5.92 Å². The van der Waals surface area contributed by atoms with Crippen molar-refractivity contribution in [2.75, 3.05) is 39.3 Å². The summed E-state index contributed by atoms with van der Waals surface area (Å²) in [6.07, 6.45) is 6.21. The number of hydrogen-bond donors (Lipinski definition) is 0. The lowest BCUT2D eigenvalue weighted by molar-refractivity contribution is -0.133. The van der Waals surface area contributed by atoms with Crippen LogP contribution < -0.4 is 4.74 Å². The van der Waals surface area contributed by atoms with Crippen LogP contribution in [-0.2, 0) is 4.79 Å². The highest BCUT2D eigenvalue weighted by Gasteiger charge is 2.23. The zero-order chi connectivity index (χ0) is 16.8. The van der Waals surface area contributed by atoms with Crippen LogP contribution in [-0.4, -0.2) is 55.0 Å². The first-order valence-corrected chi connectivity index (χ1v) is 9.40. The van der Waals surface area contributed by atoms with E-state index in [1.807, 2.05) is 36.1 Å². The third kappa shape index (κ3) is 4.97. The van der Waals surface area contributed by atoms with E-state index in [0.29, 0.717) is 0 Å². The van der Waals surface area contributed by atoms with Gasteiger partial charge in [-0.15, -0.1) is 0 Å². The van der Waals surface area contributed by atoms with Gasteiger partial charge in [-0.1, -0.05) is 17.7 Å². The van der Waals surface area contributed by atoms with Crippen LogP contribution in [0.2, 0.25) is 0 Å². The van der Waals surface area contributed by atoms with Gasteiger partial charge in [-0.3, -0.25) is 4.79 Å². The summed E-state index contributed by atoms with van der Waals surface area (Å²) >= 11 is 0. The Kier molecular flexibility index (Phi) is 6.13. The minimum atomic E-state index is 0.123. The van der Waals surface area contributed by atoms with Crippen molar-refractivity contribution >= 4 is 5.91 Å². The number of ether oxygens (including phenoxy) is 1. The molecular weight excluding hydrogens is 300 g/mol. The van der Waals surface area contributed by atoms with Crippen LogP contribution in [0.3, 0.4) is 0 Å². The third-order valence-corrected chi connectivity index (χ3v) is 5.30. The van der Waals surface area contributed by atoms with Gasteiger partial charge in [-0.2, -0.15) is 0 Å². The van der Waals surface area contributed by atoms with Gasteiger partial charge in [-0.05, 0) is 70.2 Å². The maximum absolute atomic E-state index is 12.4. The summed E-state index contributed by atoms with van der Waals surface area (Å²) in [4.78, 5) is 17.0. The summed E-state index contributed by atoms with van der Waals surface area (Å²) in [7, 11) is 0. The molecule has 0 bridgehead atoms. The van der Waals surface area contributed by atoms with Gasteiger partial charge < -0.3 is 14.5 Å². The summed E-state index contributed by atoms with van der Waals surface area (Å²) in [5.74, 6) is 1.65. The molecule has 0 aromatic heterocycles. The van der Waals surface area contributed by atoms with Gasteiger partial charge in [0.05, 0.1) is 0 Å². The predicted octanol–water partition coefficient (Wildman–Crippen LogP) is 3.10. The molecule has 3 rings (SSSR count). The summed E-state index contributed by atoms with van der Waals surface area (Å²) in [5.41, 5.74) is 1.20. The second-order valence-corrected chi connectivity index (χ2v) is 7.29.